The lowest BCUT2D eigenvalue weighted by Crippen LogP contribution is -2.24. The minimum absolute atomic E-state index is 0.211. The Kier molecular flexibility index (Phi) is 5.38. The van der Waals surface area contributed by atoms with Crippen LogP contribution in [0.3, 0.4) is 0 Å². The lowest BCUT2D eigenvalue weighted by Gasteiger charge is -2.10. The molecule has 0 radical (unpaired) electrons. The van der Waals surface area contributed by atoms with Crippen LogP contribution in [0, 0.1) is 12.7 Å². The number of carbonyl (C=O) groups is 1. The van der Waals surface area contributed by atoms with Crippen LogP contribution in [0.4, 0.5) is 4.39 Å². The molecule has 152 valence electrons. The van der Waals surface area contributed by atoms with Gasteiger partial charge in [0, 0.05) is 25.1 Å². The number of nitrogens with zero attached hydrogens (tertiary/aromatic N) is 5. The summed E-state index contributed by atoms with van der Waals surface area (Å²) >= 11 is 0. The first kappa shape index (κ1) is 19.5. The van der Waals surface area contributed by atoms with E-state index in [-0.39, 0.29) is 11.7 Å². The van der Waals surface area contributed by atoms with E-state index in [1.54, 1.807) is 35.4 Å². The lowest BCUT2D eigenvalue weighted by atomic mass is 10.1. The molecule has 0 atom stereocenters. The summed E-state index contributed by atoms with van der Waals surface area (Å²) in [5.74, 6) is 1.06. The number of rotatable bonds is 6. The van der Waals surface area contributed by atoms with Crippen LogP contribution in [-0.2, 0) is 13.0 Å². The first-order chi connectivity index (χ1) is 14.6. The van der Waals surface area contributed by atoms with E-state index >= 15 is 0 Å². The zero-order valence-corrected chi connectivity index (χ0v) is 16.7. The van der Waals surface area contributed by atoms with Gasteiger partial charge in [0.1, 0.15) is 17.5 Å². The number of hydrogen-bond acceptors (Lipinski definition) is 4. The number of amides is 1. The average molecular weight is 404 g/mol. The largest absolute Gasteiger partial charge is 0.348 e. The molecule has 1 N–H and O–H groups in total. The summed E-state index contributed by atoms with van der Waals surface area (Å²) in [6, 6.07) is 9.80. The Balaban J connectivity index is 1.51. The Hall–Kier alpha value is -3.81. The molecule has 0 fully saturated rings. The number of nitrogens with one attached hydrogen (secondary N) is 1. The molecule has 8 heteroatoms. The van der Waals surface area contributed by atoms with Gasteiger partial charge in [-0.3, -0.25) is 9.36 Å². The number of imidazole rings is 1. The Morgan fingerprint density at radius 2 is 1.93 bits per heavy atom. The number of carbonyl (C=O) groups excluding carboxylic acids is 1. The van der Waals surface area contributed by atoms with Crippen molar-refractivity contribution in [3.05, 3.63) is 89.6 Å². The van der Waals surface area contributed by atoms with Crippen LogP contribution in [0.2, 0.25) is 0 Å². The fourth-order valence-electron chi connectivity index (χ4n) is 3.31. The monoisotopic (exact) mass is 404 g/mol. The molecular formula is C22H21FN6O. The van der Waals surface area contributed by atoms with Crippen molar-refractivity contribution in [2.45, 2.75) is 26.8 Å². The highest BCUT2D eigenvalue weighted by atomic mass is 19.1. The van der Waals surface area contributed by atoms with Crippen LogP contribution in [0.15, 0.2) is 61.2 Å². The van der Waals surface area contributed by atoms with E-state index in [0.29, 0.717) is 24.2 Å². The second-order valence-corrected chi connectivity index (χ2v) is 6.80. The molecule has 0 bridgehead atoms. The van der Waals surface area contributed by atoms with E-state index in [2.05, 4.69) is 20.4 Å². The number of pyridine rings is 1. The van der Waals surface area contributed by atoms with Gasteiger partial charge in [-0.2, -0.15) is 5.10 Å². The smallest absolute Gasteiger partial charge is 0.255 e. The summed E-state index contributed by atoms with van der Waals surface area (Å²) in [5, 5.41) is 7.28. The van der Waals surface area contributed by atoms with Gasteiger partial charge in [0.25, 0.3) is 5.91 Å². The van der Waals surface area contributed by atoms with Crippen molar-refractivity contribution in [3.8, 4) is 11.5 Å². The highest BCUT2D eigenvalue weighted by Crippen LogP contribution is 2.17. The number of benzene rings is 1. The SMILES string of the molecule is CCc1c(C(=O)NCc2ccnc(-n3ccnc3C)c2)cnn1-c1ccc(F)cc1. The zero-order valence-electron chi connectivity index (χ0n) is 16.7. The molecule has 0 aliphatic heterocycles. The van der Waals surface area contributed by atoms with E-state index in [9.17, 15) is 9.18 Å². The molecule has 4 aromatic rings. The fourth-order valence-corrected chi connectivity index (χ4v) is 3.31. The third-order valence-electron chi connectivity index (χ3n) is 4.86. The van der Waals surface area contributed by atoms with E-state index in [0.717, 1.165) is 22.9 Å². The van der Waals surface area contributed by atoms with E-state index in [1.165, 1.54) is 12.1 Å². The number of aryl methyl sites for hydroxylation is 1. The average Bonchev–Trinajstić information content (AvgIpc) is 3.39. The molecule has 0 aliphatic carbocycles. The third-order valence-corrected chi connectivity index (χ3v) is 4.86. The van der Waals surface area contributed by atoms with Crippen molar-refractivity contribution in [1.82, 2.24) is 29.6 Å². The Labute approximate surface area is 173 Å². The molecule has 3 heterocycles. The van der Waals surface area contributed by atoms with E-state index in [1.807, 2.05) is 36.7 Å². The van der Waals surface area contributed by atoms with Crippen molar-refractivity contribution in [3.63, 3.8) is 0 Å². The fraction of sp³-hybridized carbons (Fsp3) is 0.182. The van der Waals surface area contributed by atoms with Gasteiger partial charge < -0.3 is 5.32 Å². The maximum absolute atomic E-state index is 13.2. The second kappa shape index (κ2) is 8.28. The third kappa shape index (κ3) is 3.84. The molecule has 3 aromatic heterocycles. The van der Waals surface area contributed by atoms with Crippen molar-refractivity contribution in [1.29, 1.82) is 0 Å². The number of aromatic nitrogens is 5. The van der Waals surface area contributed by atoms with Gasteiger partial charge >= 0.3 is 0 Å². The Morgan fingerprint density at radius 1 is 1.13 bits per heavy atom. The van der Waals surface area contributed by atoms with Gasteiger partial charge in [-0.15, -0.1) is 0 Å². The summed E-state index contributed by atoms with van der Waals surface area (Å²) < 4.78 is 16.8. The maximum atomic E-state index is 13.2. The quantitative estimate of drug-likeness (QED) is 0.534. The van der Waals surface area contributed by atoms with Gasteiger partial charge in [-0.1, -0.05) is 6.92 Å². The van der Waals surface area contributed by atoms with Crippen molar-refractivity contribution in [2.24, 2.45) is 0 Å². The summed E-state index contributed by atoms with van der Waals surface area (Å²) in [5.41, 5.74) is 2.90. The molecule has 1 aromatic carbocycles. The molecule has 0 aliphatic rings. The number of halogens is 1. The molecule has 0 saturated heterocycles. The molecular weight excluding hydrogens is 383 g/mol. The van der Waals surface area contributed by atoms with Gasteiger partial charge in [-0.25, -0.2) is 19.0 Å². The number of hydrogen-bond donors (Lipinski definition) is 1. The predicted molar refractivity (Wildman–Crippen MR) is 110 cm³/mol. The standard InChI is InChI=1S/C22H21FN6O/c1-3-20-19(14-27-29(20)18-6-4-17(23)5-7-18)22(30)26-13-16-8-9-25-21(12-16)28-11-10-24-15(28)2/h4-12,14H,3,13H2,1-2H3,(H,26,30). The highest BCUT2D eigenvalue weighted by molar-refractivity contribution is 5.95. The van der Waals surface area contributed by atoms with Crippen LogP contribution in [-0.4, -0.2) is 30.2 Å². The van der Waals surface area contributed by atoms with Crippen LogP contribution < -0.4 is 5.32 Å². The van der Waals surface area contributed by atoms with Crippen LogP contribution in [0.25, 0.3) is 11.5 Å². The summed E-state index contributed by atoms with van der Waals surface area (Å²) in [6.07, 6.45) is 7.43. The molecule has 30 heavy (non-hydrogen) atoms. The van der Waals surface area contributed by atoms with Gasteiger partial charge in [-0.05, 0) is 55.3 Å². The lowest BCUT2D eigenvalue weighted by molar-refractivity contribution is 0.0950. The summed E-state index contributed by atoms with van der Waals surface area (Å²) in [6.45, 7) is 4.21. The zero-order chi connectivity index (χ0) is 21.1. The topological polar surface area (TPSA) is 77.6 Å². The van der Waals surface area contributed by atoms with Crippen LogP contribution >= 0.6 is 0 Å². The van der Waals surface area contributed by atoms with Crippen molar-refractivity contribution < 1.29 is 9.18 Å². The highest BCUT2D eigenvalue weighted by Gasteiger charge is 2.17. The minimum Gasteiger partial charge on any atom is -0.348 e. The summed E-state index contributed by atoms with van der Waals surface area (Å²) in [7, 11) is 0. The Morgan fingerprint density at radius 3 is 2.63 bits per heavy atom. The van der Waals surface area contributed by atoms with Gasteiger partial charge in [0.15, 0.2) is 0 Å². The van der Waals surface area contributed by atoms with Crippen LogP contribution in [0.1, 0.15) is 34.4 Å². The molecule has 0 saturated carbocycles. The summed E-state index contributed by atoms with van der Waals surface area (Å²) in [4.78, 5) is 21.4. The van der Waals surface area contributed by atoms with Gasteiger partial charge in [0.05, 0.1) is 23.1 Å². The van der Waals surface area contributed by atoms with E-state index < -0.39 is 0 Å². The first-order valence-electron chi connectivity index (χ1n) is 9.63. The molecule has 4 rings (SSSR count). The minimum atomic E-state index is -0.315. The van der Waals surface area contributed by atoms with E-state index in [4.69, 9.17) is 0 Å². The first-order valence-corrected chi connectivity index (χ1v) is 9.63. The molecule has 0 unspecified atom stereocenters. The normalized spacial score (nSPS) is 10.9. The Bertz CT molecular complexity index is 1180. The van der Waals surface area contributed by atoms with Crippen molar-refractivity contribution in [2.75, 3.05) is 0 Å². The van der Waals surface area contributed by atoms with Crippen molar-refractivity contribution >= 4 is 5.91 Å². The molecule has 0 spiro atoms. The second-order valence-electron chi connectivity index (χ2n) is 6.80. The van der Waals surface area contributed by atoms with Crippen LogP contribution in [0.5, 0.6) is 0 Å². The molecule has 7 nitrogen and oxygen atoms in total. The van der Waals surface area contributed by atoms with Gasteiger partial charge in [0.2, 0.25) is 0 Å². The maximum Gasteiger partial charge on any atom is 0.255 e. The predicted octanol–water partition coefficient (Wildman–Crippen LogP) is 3.39. The molecule has 1 amide bonds.